The number of rotatable bonds is 7. The van der Waals surface area contributed by atoms with Crippen LogP contribution in [0.1, 0.15) is 16.1 Å². The fourth-order valence-corrected chi connectivity index (χ4v) is 4.70. The molecule has 1 fully saturated rings. The molecular weight excluding hydrogens is 490 g/mol. The summed E-state index contributed by atoms with van der Waals surface area (Å²) in [6, 6.07) is 6.78. The number of sulfonamides is 1. The maximum Gasteiger partial charge on any atom is 0.296 e. The van der Waals surface area contributed by atoms with E-state index in [2.05, 4.69) is 25.5 Å². The number of anilines is 2. The van der Waals surface area contributed by atoms with Gasteiger partial charge in [0, 0.05) is 38.6 Å². The van der Waals surface area contributed by atoms with Gasteiger partial charge in [0.1, 0.15) is 12.4 Å². The zero-order chi connectivity index (χ0) is 23.4. The van der Waals surface area contributed by atoms with Gasteiger partial charge in [0.25, 0.3) is 11.1 Å². The number of carbonyl (C=O) groups is 1. The summed E-state index contributed by atoms with van der Waals surface area (Å²) in [5, 5.41) is 11.7. The van der Waals surface area contributed by atoms with Crippen LogP contribution in [0.25, 0.3) is 0 Å². The third-order valence-corrected chi connectivity index (χ3v) is 7.08. The Balaban J connectivity index is 1.39. The highest BCUT2D eigenvalue weighted by molar-refractivity contribution is 7.88. The summed E-state index contributed by atoms with van der Waals surface area (Å²) < 4.78 is 30.5. The lowest BCUT2D eigenvalue weighted by Gasteiger charge is -2.34. The molecule has 3 aromatic heterocycles. The molecule has 0 saturated carbocycles. The first-order valence-corrected chi connectivity index (χ1v) is 12.9. The second kappa shape index (κ2) is 9.95. The average molecular weight is 510 g/mol. The third kappa shape index (κ3) is 5.93. The minimum atomic E-state index is -3.25. The Morgan fingerprint density at radius 1 is 1.18 bits per heavy atom. The molecule has 33 heavy (non-hydrogen) atoms. The first-order valence-electron chi connectivity index (χ1n) is 9.83. The molecule has 174 valence electrons. The van der Waals surface area contributed by atoms with Gasteiger partial charge in [-0.05, 0) is 35.6 Å². The minimum Gasteiger partial charge on any atom is -0.462 e. The molecule has 1 N–H and O–H groups in total. The normalized spacial score (nSPS) is 14.8. The predicted octanol–water partition coefficient (Wildman–Crippen LogP) is 1.89. The standard InChI is InChI=1S/C19H20ClN7O4S2/c1-33(29,30)27-9-7-26(8-10-27)16-15(3-2-6-21-16)17(28)23-18-24-25-19(32-18)31-12-14-5-4-13(20)11-22-14/h2-6,11H,7-10,12H2,1H3,(H,23,24,28). The molecule has 1 aliphatic rings. The lowest BCUT2D eigenvalue weighted by molar-refractivity contribution is 0.102. The van der Waals surface area contributed by atoms with Crippen LogP contribution in [-0.4, -0.2) is 71.2 Å². The van der Waals surface area contributed by atoms with Gasteiger partial charge in [-0.2, -0.15) is 4.31 Å². The lowest BCUT2D eigenvalue weighted by Crippen LogP contribution is -2.49. The number of hydrogen-bond acceptors (Lipinski definition) is 10. The van der Waals surface area contributed by atoms with Crippen LogP contribution in [0, 0.1) is 0 Å². The third-order valence-electron chi connectivity index (χ3n) is 4.80. The van der Waals surface area contributed by atoms with Crippen molar-refractivity contribution in [3.63, 3.8) is 0 Å². The van der Waals surface area contributed by atoms with Crippen molar-refractivity contribution < 1.29 is 17.9 Å². The number of carbonyl (C=O) groups excluding carboxylic acids is 1. The van der Waals surface area contributed by atoms with Gasteiger partial charge < -0.3 is 9.64 Å². The maximum atomic E-state index is 12.9. The summed E-state index contributed by atoms with van der Waals surface area (Å²) in [5.41, 5.74) is 1.03. The lowest BCUT2D eigenvalue weighted by atomic mass is 10.2. The smallest absolute Gasteiger partial charge is 0.296 e. The van der Waals surface area contributed by atoms with Crippen LogP contribution in [-0.2, 0) is 16.6 Å². The van der Waals surface area contributed by atoms with Crippen molar-refractivity contribution >= 4 is 49.8 Å². The largest absolute Gasteiger partial charge is 0.462 e. The van der Waals surface area contributed by atoms with E-state index < -0.39 is 15.9 Å². The Morgan fingerprint density at radius 2 is 1.97 bits per heavy atom. The number of aromatic nitrogens is 4. The van der Waals surface area contributed by atoms with E-state index in [-0.39, 0.29) is 16.9 Å². The number of piperazine rings is 1. The van der Waals surface area contributed by atoms with E-state index in [0.717, 1.165) is 11.3 Å². The SMILES string of the molecule is CS(=O)(=O)N1CCN(c2ncccc2C(=O)Nc2nnc(OCc3ccc(Cl)cn3)s2)CC1. The van der Waals surface area contributed by atoms with E-state index >= 15 is 0 Å². The summed E-state index contributed by atoms with van der Waals surface area (Å²) in [6.07, 6.45) is 4.31. The predicted molar refractivity (Wildman–Crippen MR) is 124 cm³/mol. The van der Waals surface area contributed by atoms with Crippen LogP contribution in [0.5, 0.6) is 5.19 Å². The van der Waals surface area contributed by atoms with Crippen molar-refractivity contribution in [1.82, 2.24) is 24.5 Å². The van der Waals surface area contributed by atoms with Gasteiger partial charge in [-0.15, -0.1) is 5.10 Å². The molecule has 0 aromatic carbocycles. The number of hydrogen-bond donors (Lipinski definition) is 1. The van der Waals surface area contributed by atoms with E-state index in [1.54, 1.807) is 30.5 Å². The van der Waals surface area contributed by atoms with E-state index in [1.165, 1.54) is 16.8 Å². The van der Waals surface area contributed by atoms with E-state index in [4.69, 9.17) is 16.3 Å². The number of amides is 1. The highest BCUT2D eigenvalue weighted by Gasteiger charge is 2.26. The molecule has 1 amide bonds. The molecule has 0 unspecified atom stereocenters. The molecule has 11 nitrogen and oxygen atoms in total. The summed E-state index contributed by atoms with van der Waals surface area (Å²) in [6.45, 7) is 1.71. The number of pyridine rings is 2. The summed E-state index contributed by atoms with van der Waals surface area (Å²) >= 11 is 6.90. The monoisotopic (exact) mass is 509 g/mol. The zero-order valence-corrected chi connectivity index (χ0v) is 19.9. The quantitative estimate of drug-likeness (QED) is 0.507. The van der Waals surface area contributed by atoms with Crippen LogP contribution in [0.2, 0.25) is 5.02 Å². The van der Waals surface area contributed by atoms with Crippen LogP contribution >= 0.6 is 22.9 Å². The van der Waals surface area contributed by atoms with E-state index in [1.807, 2.05) is 4.90 Å². The summed E-state index contributed by atoms with van der Waals surface area (Å²) in [4.78, 5) is 23.3. The Bertz CT molecular complexity index is 1230. The molecule has 0 bridgehead atoms. The van der Waals surface area contributed by atoms with Crippen molar-refractivity contribution in [2.45, 2.75) is 6.61 Å². The molecule has 4 rings (SSSR count). The number of nitrogens with zero attached hydrogens (tertiary/aromatic N) is 6. The summed E-state index contributed by atoms with van der Waals surface area (Å²) in [7, 11) is -3.25. The van der Waals surface area contributed by atoms with Gasteiger partial charge in [-0.3, -0.25) is 15.1 Å². The van der Waals surface area contributed by atoms with Gasteiger partial charge in [-0.25, -0.2) is 13.4 Å². The topological polar surface area (TPSA) is 131 Å². The van der Waals surface area contributed by atoms with Crippen molar-refractivity contribution in [3.05, 3.63) is 52.9 Å². The molecule has 0 spiro atoms. The Labute approximate surface area is 199 Å². The Kier molecular flexibility index (Phi) is 7.02. The van der Waals surface area contributed by atoms with Gasteiger partial charge in [-0.1, -0.05) is 16.7 Å². The fourth-order valence-electron chi connectivity index (χ4n) is 3.17. The van der Waals surface area contributed by atoms with Crippen LogP contribution in [0.3, 0.4) is 0 Å². The van der Waals surface area contributed by atoms with Crippen LogP contribution < -0.4 is 15.0 Å². The van der Waals surface area contributed by atoms with Gasteiger partial charge in [0.2, 0.25) is 15.2 Å². The molecule has 0 radical (unpaired) electrons. The highest BCUT2D eigenvalue weighted by Crippen LogP contribution is 2.25. The highest BCUT2D eigenvalue weighted by atomic mass is 35.5. The maximum absolute atomic E-state index is 12.9. The second-order valence-corrected chi connectivity index (χ2v) is 10.5. The number of ether oxygens (including phenoxy) is 1. The van der Waals surface area contributed by atoms with Gasteiger partial charge >= 0.3 is 0 Å². The van der Waals surface area contributed by atoms with E-state index in [9.17, 15) is 13.2 Å². The van der Waals surface area contributed by atoms with Gasteiger partial charge in [0.05, 0.1) is 22.5 Å². The van der Waals surface area contributed by atoms with Crippen molar-refractivity contribution in [2.75, 3.05) is 42.7 Å². The molecule has 1 aliphatic heterocycles. The van der Waals surface area contributed by atoms with Crippen molar-refractivity contribution in [1.29, 1.82) is 0 Å². The molecule has 0 aliphatic carbocycles. The average Bonchev–Trinajstić information content (AvgIpc) is 3.25. The minimum absolute atomic E-state index is 0.186. The number of halogens is 1. The first-order chi connectivity index (χ1) is 15.8. The van der Waals surface area contributed by atoms with Crippen LogP contribution in [0.4, 0.5) is 10.9 Å². The van der Waals surface area contributed by atoms with E-state index in [0.29, 0.717) is 48.3 Å². The molecule has 0 atom stereocenters. The van der Waals surface area contributed by atoms with Gasteiger partial charge in [0.15, 0.2) is 0 Å². The summed E-state index contributed by atoms with van der Waals surface area (Å²) in [5.74, 6) is 0.0867. The Morgan fingerprint density at radius 3 is 2.67 bits per heavy atom. The molecule has 3 aromatic rings. The second-order valence-electron chi connectivity index (χ2n) is 7.11. The number of nitrogens with one attached hydrogen (secondary N) is 1. The van der Waals surface area contributed by atoms with Crippen molar-refractivity contribution in [3.8, 4) is 5.19 Å². The molecule has 1 saturated heterocycles. The van der Waals surface area contributed by atoms with Crippen LogP contribution in [0.15, 0.2) is 36.7 Å². The van der Waals surface area contributed by atoms with Crippen molar-refractivity contribution in [2.24, 2.45) is 0 Å². The molecule has 4 heterocycles. The molecule has 14 heteroatoms. The fraction of sp³-hybridized carbons (Fsp3) is 0.316. The Hall–Kier alpha value is -2.87. The molecular formula is C19H20ClN7O4S2. The zero-order valence-electron chi connectivity index (χ0n) is 17.5. The first kappa shape index (κ1) is 23.3.